The van der Waals surface area contributed by atoms with Crippen molar-refractivity contribution in [3.05, 3.63) is 50.1 Å². The second-order valence-electron chi connectivity index (χ2n) is 3.75. The number of nitrogens with two attached hydrogens (primary N) is 1. The van der Waals surface area contributed by atoms with E-state index >= 15 is 0 Å². The van der Waals surface area contributed by atoms with Crippen LogP contribution < -0.4 is 16.6 Å². The smallest absolute Gasteiger partial charge is 0.266 e. The molecule has 2 aromatic rings. The van der Waals surface area contributed by atoms with E-state index in [1.54, 1.807) is 0 Å². The third kappa shape index (κ3) is 3.08. The monoisotopic (exact) mass is 356 g/mol. The highest BCUT2D eigenvalue weighted by molar-refractivity contribution is 14.1. The Hall–Kier alpha value is -1.41. The van der Waals surface area contributed by atoms with Crippen LogP contribution in [0.15, 0.2) is 35.4 Å². The number of nitrogens with one attached hydrogen (secondary N) is 2. The molecular weight excluding hydrogens is 343 g/mol. The van der Waals surface area contributed by atoms with E-state index in [-0.39, 0.29) is 5.56 Å². The topological polar surface area (TPSA) is 83.8 Å². The fourth-order valence-corrected chi connectivity index (χ4v) is 1.96. The first kappa shape index (κ1) is 13.0. The maximum absolute atomic E-state index is 11.4. The Morgan fingerprint density at radius 3 is 2.72 bits per heavy atom. The molecule has 0 aliphatic carbocycles. The van der Waals surface area contributed by atoms with Crippen molar-refractivity contribution in [2.45, 2.75) is 6.42 Å². The van der Waals surface area contributed by atoms with Crippen molar-refractivity contribution < 1.29 is 0 Å². The molecule has 0 aliphatic rings. The highest BCUT2D eigenvalue weighted by atomic mass is 127. The first-order chi connectivity index (χ1) is 8.70. The third-order valence-electron chi connectivity index (χ3n) is 2.45. The minimum atomic E-state index is -0.146. The lowest BCUT2D eigenvalue weighted by molar-refractivity contribution is 0.969. The van der Waals surface area contributed by atoms with Gasteiger partial charge in [-0.3, -0.25) is 4.79 Å². The molecule has 6 heteroatoms. The number of hydrogen-bond donors (Lipinski definition) is 3. The quantitative estimate of drug-likeness (QED) is 0.727. The number of H-pyrrole nitrogens is 1. The molecule has 0 bridgehead atoms. The zero-order chi connectivity index (χ0) is 13.0. The zero-order valence-corrected chi connectivity index (χ0v) is 11.8. The number of aromatic amines is 1. The first-order valence-electron chi connectivity index (χ1n) is 5.50. The second-order valence-corrected chi connectivity index (χ2v) is 4.83. The maximum atomic E-state index is 11.4. The molecule has 0 saturated heterocycles. The summed E-state index contributed by atoms with van der Waals surface area (Å²) in [6.45, 7) is 0.639. The van der Waals surface area contributed by atoms with Gasteiger partial charge < -0.3 is 16.0 Å². The van der Waals surface area contributed by atoms with Gasteiger partial charge in [-0.25, -0.2) is 4.98 Å². The molecule has 18 heavy (non-hydrogen) atoms. The molecule has 94 valence electrons. The summed E-state index contributed by atoms with van der Waals surface area (Å²) >= 11 is 1.97. The van der Waals surface area contributed by atoms with Crippen molar-refractivity contribution >= 4 is 34.1 Å². The highest BCUT2D eigenvalue weighted by Crippen LogP contribution is 2.17. The fraction of sp³-hybridized carbons (Fsp3) is 0.167. The molecule has 2 rings (SSSR count). The van der Waals surface area contributed by atoms with Crippen molar-refractivity contribution in [1.29, 1.82) is 0 Å². The molecule has 0 unspecified atom stereocenters. The lowest BCUT2D eigenvalue weighted by Gasteiger charge is -2.07. The van der Waals surface area contributed by atoms with E-state index < -0.39 is 0 Å². The number of aromatic nitrogens is 2. The Bertz CT molecular complexity index is 579. The molecule has 0 radical (unpaired) electrons. The summed E-state index contributed by atoms with van der Waals surface area (Å²) in [7, 11) is 0. The molecule has 1 aromatic carbocycles. The fourth-order valence-electron chi connectivity index (χ4n) is 1.53. The number of halogens is 1. The Labute approximate surface area is 118 Å². The van der Waals surface area contributed by atoms with Crippen LogP contribution in [0, 0.1) is 3.57 Å². The van der Waals surface area contributed by atoms with Crippen LogP contribution in [0.2, 0.25) is 0 Å². The number of rotatable bonds is 4. The highest BCUT2D eigenvalue weighted by Gasteiger charge is 2.05. The van der Waals surface area contributed by atoms with Gasteiger partial charge in [-0.05, 0) is 53.3 Å². The van der Waals surface area contributed by atoms with Crippen LogP contribution in [-0.4, -0.2) is 16.5 Å². The predicted octanol–water partition coefficient (Wildman–Crippen LogP) is 1.62. The Morgan fingerprint density at radius 2 is 2.06 bits per heavy atom. The van der Waals surface area contributed by atoms with Crippen LogP contribution in [0.5, 0.6) is 0 Å². The van der Waals surface area contributed by atoms with Crippen LogP contribution in [0.3, 0.4) is 0 Å². The van der Waals surface area contributed by atoms with E-state index in [4.69, 9.17) is 5.73 Å². The lowest BCUT2D eigenvalue weighted by Crippen LogP contribution is -2.12. The average Bonchev–Trinajstić information content (AvgIpc) is 2.38. The van der Waals surface area contributed by atoms with Gasteiger partial charge in [0.15, 0.2) is 5.82 Å². The van der Waals surface area contributed by atoms with E-state index in [9.17, 15) is 4.79 Å². The SMILES string of the molecule is NCCc1ccc(Nc2nc[nH]c(=O)c2I)cc1. The molecule has 0 amide bonds. The molecular formula is C12H13IN4O. The summed E-state index contributed by atoms with van der Waals surface area (Å²) in [4.78, 5) is 18.0. The summed E-state index contributed by atoms with van der Waals surface area (Å²) in [5, 5.41) is 3.11. The molecule has 0 saturated carbocycles. The molecule has 5 nitrogen and oxygen atoms in total. The minimum absolute atomic E-state index is 0.146. The zero-order valence-electron chi connectivity index (χ0n) is 9.61. The van der Waals surface area contributed by atoms with Gasteiger partial charge in [-0.15, -0.1) is 0 Å². The van der Waals surface area contributed by atoms with Crippen molar-refractivity contribution in [3.63, 3.8) is 0 Å². The van der Waals surface area contributed by atoms with Crippen molar-refractivity contribution in [3.8, 4) is 0 Å². The van der Waals surface area contributed by atoms with Crippen LogP contribution in [0.4, 0.5) is 11.5 Å². The molecule has 1 aromatic heterocycles. The Kier molecular flexibility index (Phi) is 4.32. The lowest BCUT2D eigenvalue weighted by atomic mass is 10.1. The maximum Gasteiger partial charge on any atom is 0.266 e. The van der Waals surface area contributed by atoms with E-state index in [0.717, 1.165) is 12.1 Å². The second kappa shape index (κ2) is 5.96. The molecule has 1 heterocycles. The van der Waals surface area contributed by atoms with Gasteiger partial charge in [-0.1, -0.05) is 12.1 Å². The van der Waals surface area contributed by atoms with Gasteiger partial charge in [0.2, 0.25) is 0 Å². The molecule has 0 fully saturated rings. The molecule has 0 spiro atoms. The molecule has 4 N–H and O–H groups in total. The minimum Gasteiger partial charge on any atom is -0.339 e. The first-order valence-corrected chi connectivity index (χ1v) is 6.58. The number of nitrogens with zero attached hydrogens (tertiary/aromatic N) is 1. The van der Waals surface area contributed by atoms with Crippen molar-refractivity contribution in [2.75, 3.05) is 11.9 Å². The normalized spacial score (nSPS) is 10.3. The summed E-state index contributed by atoms with van der Waals surface area (Å²) in [5.41, 5.74) is 7.43. The van der Waals surface area contributed by atoms with Crippen LogP contribution in [0.1, 0.15) is 5.56 Å². The summed E-state index contributed by atoms with van der Waals surface area (Å²) in [6, 6.07) is 7.92. The largest absolute Gasteiger partial charge is 0.339 e. The average molecular weight is 356 g/mol. The number of hydrogen-bond acceptors (Lipinski definition) is 4. The molecule has 0 atom stereocenters. The van der Waals surface area contributed by atoms with Crippen LogP contribution in [-0.2, 0) is 6.42 Å². The Balaban J connectivity index is 2.18. The van der Waals surface area contributed by atoms with E-state index in [1.807, 2.05) is 46.9 Å². The van der Waals surface area contributed by atoms with Crippen LogP contribution in [0.25, 0.3) is 0 Å². The Morgan fingerprint density at radius 1 is 1.33 bits per heavy atom. The van der Waals surface area contributed by atoms with E-state index in [1.165, 1.54) is 11.9 Å². The standard InChI is InChI=1S/C12H13IN4O/c13-10-11(15-7-16-12(10)18)17-9-3-1-8(2-4-9)5-6-14/h1-4,7H,5-6,14H2,(H2,15,16,17,18). The van der Waals surface area contributed by atoms with Gasteiger partial charge in [-0.2, -0.15) is 0 Å². The molecule has 0 aliphatic heterocycles. The summed E-state index contributed by atoms with van der Waals surface area (Å²) < 4.78 is 0.543. The van der Waals surface area contributed by atoms with Gasteiger partial charge >= 0.3 is 0 Å². The van der Waals surface area contributed by atoms with Crippen LogP contribution >= 0.6 is 22.6 Å². The number of anilines is 2. The predicted molar refractivity (Wildman–Crippen MR) is 80.1 cm³/mol. The summed E-state index contributed by atoms with van der Waals surface area (Å²) in [6.07, 6.45) is 2.25. The van der Waals surface area contributed by atoms with Gasteiger partial charge in [0.05, 0.1) is 6.33 Å². The number of benzene rings is 1. The van der Waals surface area contributed by atoms with E-state index in [2.05, 4.69) is 15.3 Å². The van der Waals surface area contributed by atoms with Gasteiger partial charge in [0, 0.05) is 5.69 Å². The third-order valence-corrected chi connectivity index (χ3v) is 3.45. The summed E-state index contributed by atoms with van der Waals surface area (Å²) in [5.74, 6) is 0.561. The van der Waals surface area contributed by atoms with Gasteiger partial charge in [0.1, 0.15) is 3.57 Å². The van der Waals surface area contributed by atoms with Gasteiger partial charge in [0.25, 0.3) is 5.56 Å². The van der Waals surface area contributed by atoms with Crippen molar-refractivity contribution in [2.24, 2.45) is 5.73 Å². The van der Waals surface area contributed by atoms with E-state index in [0.29, 0.717) is 15.9 Å². The van der Waals surface area contributed by atoms with Crippen molar-refractivity contribution in [1.82, 2.24) is 9.97 Å².